The summed E-state index contributed by atoms with van der Waals surface area (Å²) in [5.41, 5.74) is 0. The number of halogens is 1. The van der Waals surface area contributed by atoms with Crippen LogP contribution in [-0.2, 0) is 0 Å². The summed E-state index contributed by atoms with van der Waals surface area (Å²) >= 11 is 0.955. The van der Waals surface area contributed by atoms with E-state index >= 15 is 0 Å². The van der Waals surface area contributed by atoms with Crippen LogP contribution in [0.4, 0.5) is 4.39 Å². The summed E-state index contributed by atoms with van der Waals surface area (Å²) in [4.78, 5) is 0.641. The Labute approximate surface area is 62.5 Å². The van der Waals surface area contributed by atoms with Gasteiger partial charge in [-0.2, -0.15) is 5.26 Å². The van der Waals surface area contributed by atoms with E-state index in [1.807, 2.05) is 5.40 Å². The van der Waals surface area contributed by atoms with Crippen molar-refractivity contribution in [2.24, 2.45) is 0 Å². The van der Waals surface area contributed by atoms with Gasteiger partial charge in [0.1, 0.15) is 11.2 Å². The van der Waals surface area contributed by atoms with Crippen molar-refractivity contribution in [3.63, 3.8) is 0 Å². The van der Waals surface area contributed by atoms with E-state index in [0.29, 0.717) is 4.90 Å². The van der Waals surface area contributed by atoms with Crippen LogP contribution in [0.2, 0.25) is 0 Å². The average Bonchev–Trinajstić information content (AvgIpc) is 1.88. The average molecular weight is 153 g/mol. The number of benzene rings is 1. The van der Waals surface area contributed by atoms with E-state index < -0.39 is 0 Å². The third-order valence-electron chi connectivity index (χ3n) is 0.960. The third-order valence-corrected chi connectivity index (χ3v) is 1.54. The molecule has 0 atom stereocenters. The molecule has 0 amide bonds. The van der Waals surface area contributed by atoms with Crippen LogP contribution in [-0.4, -0.2) is 0 Å². The van der Waals surface area contributed by atoms with Crippen LogP contribution < -0.4 is 0 Å². The maximum Gasteiger partial charge on any atom is 0.138 e. The molecule has 1 aromatic rings. The maximum atomic E-state index is 12.4. The lowest BCUT2D eigenvalue weighted by atomic mass is 10.4. The molecule has 0 saturated heterocycles. The van der Waals surface area contributed by atoms with Gasteiger partial charge in [0.2, 0.25) is 0 Å². The fourth-order valence-electron chi connectivity index (χ4n) is 0.583. The molecule has 0 fully saturated rings. The SMILES string of the molecule is N#CSc1cccc(F)c1. The first-order valence-corrected chi connectivity index (χ1v) is 3.46. The van der Waals surface area contributed by atoms with E-state index in [9.17, 15) is 4.39 Å². The van der Waals surface area contributed by atoms with Gasteiger partial charge in [-0.05, 0) is 30.0 Å². The molecule has 0 heterocycles. The van der Waals surface area contributed by atoms with Crippen molar-refractivity contribution in [2.45, 2.75) is 4.90 Å². The van der Waals surface area contributed by atoms with Gasteiger partial charge in [0.25, 0.3) is 0 Å². The minimum absolute atomic E-state index is 0.305. The third kappa shape index (κ3) is 1.74. The number of thioether (sulfide) groups is 1. The second-order valence-electron chi connectivity index (χ2n) is 1.65. The normalized spacial score (nSPS) is 8.80. The molecule has 3 heteroatoms. The predicted molar refractivity (Wildman–Crippen MR) is 37.9 cm³/mol. The van der Waals surface area contributed by atoms with E-state index in [1.54, 1.807) is 12.1 Å². The number of rotatable bonds is 1. The van der Waals surface area contributed by atoms with Crippen molar-refractivity contribution in [2.75, 3.05) is 0 Å². The Bertz CT molecular complexity index is 267. The highest BCUT2D eigenvalue weighted by Crippen LogP contribution is 2.16. The monoisotopic (exact) mass is 153 g/mol. The molecule has 0 aromatic heterocycles. The molecule has 0 bridgehead atoms. The van der Waals surface area contributed by atoms with Gasteiger partial charge in [-0.1, -0.05) is 6.07 Å². The second kappa shape index (κ2) is 3.23. The molecular formula is C7H4FNS. The summed E-state index contributed by atoms with van der Waals surface area (Å²) in [5, 5.41) is 10.1. The summed E-state index contributed by atoms with van der Waals surface area (Å²) in [6, 6.07) is 5.95. The van der Waals surface area contributed by atoms with Crippen LogP contribution in [0.5, 0.6) is 0 Å². The smallest absolute Gasteiger partial charge is 0.138 e. The molecular weight excluding hydrogens is 149 g/mol. The topological polar surface area (TPSA) is 23.8 Å². The maximum absolute atomic E-state index is 12.4. The Morgan fingerprint density at radius 1 is 1.50 bits per heavy atom. The van der Waals surface area contributed by atoms with Crippen molar-refractivity contribution >= 4 is 11.8 Å². The van der Waals surface area contributed by atoms with Crippen molar-refractivity contribution in [1.82, 2.24) is 0 Å². The fraction of sp³-hybridized carbons (Fsp3) is 0. The van der Waals surface area contributed by atoms with Gasteiger partial charge in [0.05, 0.1) is 0 Å². The first kappa shape index (κ1) is 7.10. The molecule has 1 aromatic carbocycles. The Morgan fingerprint density at radius 2 is 2.30 bits per heavy atom. The summed E-state index contributed by atoms with van der Waals surface area (Å²) in [6.45, 7) is 0. The van der Waals surface area contributed by atoms with Gasteiger partial charge < -0.3 is 0 Å². The van der Waals surface area contributed by atoms with Crippen LogP contribution in [0.1, 0.15) is 0 Å². The zero-order chi connectivity index (χ0) is 7.40. The molecule has 0 spiro atoms. The number of nitrogens with zero attached hydrogens (tertiary/aromatic N) is 1. The van der Waals surface area contributed by atoms with Gasteiger partial charge in [-0.25, -0.2) is 4.39 Å². The minimum Gasteiger partial charge on any atom is -0.207 e. The van der Waals surface area contributed by atoms with Crippen molar-refractivity contribution in [3.8, 4) is 5.40 Å². The standard InChI is InChI=1S/C7H4FNS/c8-6-2-1-3-7(4-6)10-5-9/h1-4H. The van der Waals surface area contributed by atoms with Gasteiger partial charge >= 0.3 is 0 Å². The molecule has 0 N–H and O–H groups in total. The van der Waals surface area contributed by atoms with Crippen LogP contribution >= 0.6 is 11.8 Å². The Hall–Kier alpha value is -1.01. The predicted octanol–water partition coefficient (Wildman–Crippen LogP) is 2.40. The fourth-order valence-corrected chi connectivity index (χ4v) is 1.01. The zero-order valence-corrected chi connectivity index (χ0v) is 5.86. The van der Waals surface area contributed by atoms with E-state index in [4.69, 9.17) is 5.26 Å². The first-order valence-electron chi connectivity index (χ1n) is 2.64. The molecule has 0 saturated carbocycles. The van der Waals surface area contributed by atoms with Crippen LogP contribution in [0.3, 0.4) is 0 Å². The molecule has 50 valence electrons. The Morgan fingerprint density at radius 3 is 2.90 bits per heavy atom. The highest BCUT2D eigenvalue weighted by atomic mass is 32.2. The molecule has 1 nitrogen and oxygen atoms in total. The Kier molecular flexibility index (Phi) is 2.30. The lowest BCUT2D eigenvalue weighted by molar-refractivity contribution is 0.624. The van der Waals surface area contributed by atoms with Gasteiger partial charge in [0.15, 0.2) is 0 Å². The van der Waals surface area contributed by atoms with Crippen LogP contribution in [0.15, 0.2) is 29.2 Å². The molecule has 10 heavy (non-hydrogen) atoms. The van der Waals surface area contributed by atoms with Gasteiger partial charge in [-0.15, -0.1) is 0 Å². The van der Waals surface area contributed by atoms with Crippen LogP contribution in [0.25, 0.3) is 0 Å². The lowest BCUT2D eigenvalue weighted by Gasteiger charge is -1.90. The molecule has 0 unspecified atom stereocenters. The largest absolute Gasteiger partial charge is 0.207 e. The summed E-state index contributed by atoms with van der Waals surface area (Å²) < 4.78 is 12.4. The van der Waals surface area contributed by atoms with Crippen molar-refractivity contribution in [1.29, 1.82) is 5.26 Å². The van der Waals surface area contributed by atoms with E-state index in [1.165, 1.54) is 12.1 Å². The highest BCUT2D eigenvalue weighted by Gasteiger charge is 1.92. The quantitative estimate of drug-likeness (QED) is 0.457. The summed E-state index contributed by atoms with van der Waals surface area (Å²) in [7, 11) is 0. The highest BCUT2D eigenvalue weighted by molar-refractivity contribution is 8.03. The molecule has 0 aliphatic rings. The first-order chi connectivity index (χ1) is 4.83. The van der Waals surface area contributed by atoms with Crippen molar-refractivity contribution in [3.05, 3.63) is 30.1 Å². The number of nitriles is 1. The minimum atomic E-state index is -0.305. The van der Waals surface area contributed by atoms with Gasteiger partial charge in [0, 0.05) is 4.90 Å². The number of hydrogen-bond acceptors (Lipinski definition) is 2. The lowest BCUT2D eigenvalue weighted by Crippen LogP contribution is -1.72. The van der Waals surface area contributed by atoms with Gasteiger partial charge in [-0.3, -0.25) is 0 Å². The molecule has 1 rings (SSSR count). The number of hydrogen-bond donors (Lipinski definition) is 0. The van der Waals surface area contributed by atoms with E-state index in [-0.39, 0.29) is 5.82 Å². The summed E-state index contributed by atoms with van der Waals surface area (Å²) in [5.74, 6) is -0.305. The Balaban J connectivity index is 2.87. The number of thiocyanates is 1. The molecule has 0 aliphatic carbocycles. The zero-order valence-electron chi connectivity index (χ0n) is 5.04. The van der Waals surface area contributed by atoms with E-state index in [0.717, 1.165) is 11.8 Å². The summed E-state index contributed by atoms with van der Waals surface area (Å²) in [6.07, 6.45) is 0. The van der Waals surface area contributed by atoms with Crippen molar-refractivity contribution < 1.29 is 4.39 Å². The van der Waals surface area contributed by atoms with Crippen LogP contribution in [0, 0.1) is 16.5 Å². The molecule has 0 radical (unpaired) electrons. The van der Waals surface area contributed by atoms with E-state index in [2.05, 4.69) is 0 Å². The second-order valence-corrected chi connectivity index (χ2v) is 2.51. The molecule has 0 aliphatic heterocycles.